The molecular formula is C17H26N2O2. The Morgan fingerprint density at radius 2 is 2.10 bits per heavy atom. The van der Waals surface area contributed by atoms with Gasteiger partial charge in [-0.1, -0.05) is 26.0 Å². The van der Waals surface area contributed by atoms with Crippen molar-refractivity contribution in [2.45, 2.75) is 26.7 Å². The second-order valence-electron chi connectivity index (χ2n) is 5.98. The maximum atomic E-state index is 12.1. The molecule has 1 N–H and O–H groups in total. The molecule has 1 aliphatic rings. The molecule has 1 saturated heterocycles. The monoisotopic (exact) mass is 290 g/mol. The molecule has 0 aliphatic carbocycles. The molecule has 0 spiro atoms. The fourth-order valence-corrected chi connectivity index (χ4v) is 2.38. The minimum Gasteiger partial charge on any atom is -0.493 e. The number of hydrogen-bond donors (Lipinski definition) is 1. The molecule has 1 aliphatic heterocycles. The number of carbonyl (C=O) groups is 1. The zero-order valence-electron chi connectivity index (χ0n) is 13.1. The summed E-state index contributed by atoms with van der Waals surface area (Å²) in [4.78, 5) is 14.1. The minimum atomic E-state index is 0.255. The van der Waals surface area contributed by atoms with Crippen molar-refractivity contribution in [3.05, 3.63) is 29.8 Å². The van der Waals surface area contributed by atoms with Crippen LogP contribution in [0.1, 0.15) is 25.8 Å². The first-order chi connectivity index (χ1) is 10.1. The normalized spacial score (nSPS) is 15.3. The summed E-state index contributed by atoms with van der Waals surface area (Å²) in [6.45, 7) is 8.47. The second-order valence-corrected chi connectivity index (χ2v) is 5.98. The Balaban J connectivity index is 1.82. The molecule has 1 amide bonds. The first-order valence-electron chi connectivity index (χ1n) is 7.85. The summed E-state index contributed by atoms with van der Waals surface area (Å²) in [6.07, 6.45) is 1.36. The number of amides is 1. The van der Waals surface area contributed by atoms with Crippen LogP contribution in [0.4, 0.5) is 0 Å². The lowest BCUT2D eigenvalue weighted by atomic mass is 10.1. The van der Waals surface area contributed by atoms with E-state index in [4.69, 9.17) is 4.74 Å². The van der Waals surface area contributed by atoms with Gasteiger partial charge in [-0.05, 0) is 30.0 Å². The number of hydrogen-bond acceptors (Lipinski definition) is 3. The van der Waals surface area contributed by atoms with Crippen LogP contribution in [0.2, 0.25) is 0 Å². The van der Waals surface area contributed by atoms with Crippen molar-refractivity contribution < 1.29 is 9.53 Å². The van der Waals surface area contributed by atoms with Gasteiger partial charge in [-0.15, -0.1) is 0 Å². The van der Waals surface area contributed by atoms with E-state index in [0.29, 0.717) is 12.3 Å². The van der Waals surface area contributed by atoms with Crippen molar-refractivity contribution in [3.8, 4) is 5.75 Å². The van der Waals surface area contributed by atoms with Crippen LogP contribution in [0.5, 0.6) is 5.75 Å². The van der Waals surface area contributed by atoms with Gasteiger partial charge in [0.15, 0.2) is 0 Å². The zero-order chi connectivity index (χ0) is 15.1. The molecule has 0 bridgehead atoms. The predicted octanol–water partition coefficient (Wildman–Crippen LogP) is 2.09. The molecule has 1 aromatic rings. The van der Waals surface area contributed by atoms with Crippen LogP contribution in [-0.4, -0.2) is 43.6 Å². The Morgan fingerprint density at radius 3 is 2.81 bits per heavy atom. The van der Waals surface area contributed by atoms with Gasteiger partial charge in [0.25, 0.3) is 0 Å². The third kappa shape index (κ3) is 5.38. The van der Waals surface area contributed by atoms with Crippen molar-refractivity contribution in [2.24, 2.45) is 5.92 Å². The highest BCUT2D eigenvalue weighted by Crippen LogP contribution is 2.16. The van der Waals surface area contributed by atoms with Gasteiger partial charge in [0.05, 0.1) is 6.61 Å². The molecule has 0 radical (unpaired) electrons. The summed E-state index contributed by atoms with van der Waals surface area (Å²) >= 11 is 0. The summed E-state index contributed by atoms with van der Waals surface area (Å²) in [7, 11) is 0. The van der Waals surface area contributed by atoms with Crippen molar-refractivity contribution in [2.75, 3.05) is 32.8 Å². The van der Waals surface area contributed by atoms with Crippen molar-refractivity contribution >= 4 is 5.91 Å². The summed E-state index contributed by atoms with van der Waals surface area (Å²) < 4.78 is 5.73. The molecule has 2 rings (SSSR count). The van der Waals surface area contributed by atoms with Crippen molar-refractivity contribution in [1.82, 2.24) is 10.2 Å². The molecule has 116 valence electrons. The van der Waals surface area contributed by atoms with Crippen LogP contribution in [0, 0.1) is 5.92 Å². The van der Waals surface area contributed by atoms with Crippen LogP contribution in [0.25, 0.3) is 0 Å². The van der Waals surface area contributed by atoms with E-state index in [2.05, 4.69) is 25.2 Å². The van der Waals surface area contributed by atoms with Gasteiger partial charge in [-0.3, -0.25) is 4.79 Å². The smallest absolute Gasteiger partial charge is 0.222 e. The number of benzene rings is 1. The largest absolute Gasteiger partial charge is 0.493 e. The first kappa shape index (κ1) is 15.8. The molecule has 0 unspecified atom stereocenters. The van der Waals surface area contributed by atoms with E-state index in [1.54, 1.807) is 0 Å². The van der Waals surface area contributed by atoms with Crippen LogP contribution in [0.15, 0.2) is 24.3 Å². The lowest BCUT2D eigenvalue weighted by Crippen LogP contribution is -2.46. The molecule has 1 heterocycles. The molecule has 0 atom stereocenters. The first-order valence-corrected chi connectivity index (χ1v) is 7.85. The fraction of sp³-hybridized carbons (Fsp3) is 0.588. The second kappa shape index (κ2) is 8.03. The van der Waals surface area contributed by atoms with Gasteiger partial charge < -0.3 is 15.0 Å². The number of carbonyl (C=O) groups excluding carboxylic acids is 1. The molecule has 1 fully saturated rings. The van der Waals surface area contributed by atoms with Gasteiger partial charge >= 0.3 is 0 Å². The van der Waals surface area contributed by atoms with E-state index >= 15 is 0 Å². The summed E-state index contributed by atoms with van der Waals surface area (Å²) in [5.74, 6) is 1.67. The van der Waals surface area contributed by atoms with Gasteiger partial charge in [-0.2, -0.15) is 0 Å². The molecule has 0 saturated carbocycles. The average molecular weight is 290 g/mol. The number of piperazine rings is 1. The molecule has 4 nitrogen and oxygen atoms in total. The molecular weight excluding hydrogens is 264 g/mol. The van der Waals surface area contributed by atoms with Crippen LogP contribution in [0.3, 0.4) is 0 Å². The lowest BCUT2D eigenvalue weighted by Gasteiger charge is -2.27. The fourth-order valence-electron chi connectivity index (χ4n) is 2.38. The quantitative estimate of drug-likeness (QED) is 0.872. The number of nitrogens with one attached hydrogen (secondary N) is 1. The maximum absolute atomic E-state index is 12.1. The zero-order valence-corrected chi connectivity index (χ0v) is 13.1. The van der Waals surface area contributed by atoms with Gasteiger partial charge in [-0.25, -0.2) is 0 Å². The highest BCUT2D eigenvalue weighted by molar-refractivity contribution is 5.76. The molecule has 0 aromatic heterocycles. The van der Waals surface area contributed by atoms with E-state index in [-0.39, 0.29) is 5.91 Å². The molecule has 21 heavy (non-hydrogen) atoms. The van der Waals surface area contributed by atoms with Crippen molar-refractivity contribution in [1.29, 1.82) is 0 Å². The molecule has 1 aromatic carbocycles. The Hall–Kier alpha value is -1.55. The van der Waals surface area contributed by atoms with E-state index < -0.39 is 0 Å². The maximum Gasteiger partial charge on any atom is 0.222 e. The molecule has 4 heteroatoms. The highest BCUT2D eigenvalue weighted by Gasteiger charge is 2.15. The number of ether oxygens (including phenoxy) is 1. The third-order valence-electron chi connectivity index (χ3n) is 3.58. The number of aryl methyl sites for hydroxylation is 1. The Labute approximate surface area is 127 Å². The van der Waals surface area contributed by atoms with E-state index in [1.807, 2.05) is 23.1 Å². The summed E-state index contributed by atoms with van der Waals surface area (Å²) in [5.41, 5.74) is 1.17. The topological polar surface area (TPSA) is 41.6 Å². The highest BCUT2D eigenvalue weighted by atomic mass is 16.5. The number of rotatable bonds is 6. The number of nitrogens with zero attached hydrogens (tertiary/aromatic N) is 1. The summed E-state index contributed by atoms with van der Waals surface area (Å²) in [6, 6.07) is 8.09. The van der Waals surface area contributed by atoms with Crippen LogP contribution < -0.4 is 10.1 Å². The average Bonchev–Trinajstić information content (AvgIpc) is 2.52. The van der Waals surface area contributed by atoms with E-state index in [9.17, 15) is 4.79 Å². The SMILES string of the molecule is CC(C)COc1cccc(CCC(=O)N2CCNCC2)c1. The summed E-state index contributed by atoms with van der Waals surface area (Å²) in [5, 5.41) is 3.26. The van der Waals surface area contributed by atoms with E-state index in [0.717, 1.165) is 45.0 Å². The predicted molar refractivity (Wildman–Crippen MR) is 84.5 cm³/mol. The Kier molecular flexibility index (Phi) is 6.05. The Morgan fingerprint density at radius 1 is 1.33 bits per heavy atom. The van der Waals surface area contributed by atoms with Crippen LogP contribution >= 0.6 is 0 Å². The van der Waals surface area contributed by atoms with Gasteiger partial charge in [0.2, 0.25) is 5.91 Å². The van der Waals surface area contributed by atoms with Crippen LogP contribution in [-0.2, 0) is 11.2 Å². The standard InChI is InChI=1S/C17H26N2O2/c1-14(2)13-21-16-5-3-4-15(12-16)6-7-17(20)19-10-8-18-9-11-19/h3-5,12,14,18H,6-11,13H2,1-2H3. The third-order valence-corrected chi connectivity index (χ3v) is 3.58. The minimum absolute atomic E-state index is 0.255. The van der Waals surface area contributed by atoms with Crippen molar-refractivity contribution in [3.63, 3.8) is 0 Å². The Bertz CT molecular complexity index is 454. The van der Waals surface area contributed by atoms with E-state index in [1.165, 1.54) is 5.56 Å². The lowest BCUT2D eigenvalue weighted by molar-refractivity contribution is -0.131. The van der Waals surface area contributed by atoms with Gasteiger partial charge in [0, 0.05) is 32.6 Å². The van der Waals surface area contributed by atoms with Gasteiger partial charge in [0.1, 0.15) is 5.75 Å².